The van der Waals surface area contributed by atoms with E-state index in [4.69, 9.17) is 9.47 Å². The molecule has 1 aromatic heterocycles. The molecule has 0 spiro atoms. The Bertz CT molecular complexity index is 506. The number of carbonyl (C=O) groups is 1. The topological polar surface area (TPSA) is 51.7 Å². The Kier molecular flexibility index (Phi) is 4.39. The molecule has 2 rings (SSSR count). The molecule has 108 valence electrons. The van der Waals surface area contributed by atoms with Crippen LogP contribution in [0.25, 0.3) is 6.08 Å². The Morgan fingerprint density at radius 1 is 1.45 bits per heavy atom. The minimum absolute atomic E-state index is 0.134. The van der Waals surface area contributed by atoms with Crippen molar-refractivity contribution in [3.05, 3.63) is 30.0 Å². The van der Waals surface area contributed by atoms with Crippen LogP contribution in [0.4, 0.5) is 5.82 Å². The Balaban J connectivity index is 2.35. The van der Waals surface area contributed by atoms with Gasteiger partial charge in [0.1, 0.15) is 5.82 Å². The van der Waals surface area contributed by atoms with Crippen molar-refractivity contribution < 1.29 is 14.3 Å². The van der Waals surface area contributed by atoms with Crippen molar-refractivity contribution in [1.82, 2.24) is 4.98 Å². The molecule has 1 aliphatic heterocycles. The number of esters is 1. The number of anilines is 1. The summed E-state index contributed by atoms with van der Waals surface area (Å²) in [7, 11) is 1.37. The molecule has 1 fully saturated rings. The first kappa shape index (κ1) is 14.5. The Morgan fingerprint density at radius 3 is 2.65 bits per heavy atom. The van der Waals surface area contributed by atoms with Crippen LogP contribution >= 0.6 is 0 Å². The van der Waals surface area contributed by atoms with E-state index in [1.807, 2.05) is 13.8 Å². The first-order valence-corrected chi connectivity index (χ1v) is 6.66. The molecule has 0 radical (unpaired) electrons. The Hall–Kier alpha value is -1.88. The van der Waals surface area contributed by atoms with Crippen molar-refractivity contribution in [2.24, 2.45) is 0 Å². The van der Waals surface area contributed by atoms with Gasteiger partial charge in [-0.1, -0.05) is 6.58 Å². The quantitative estimate of drug-likeness (QED) is 0.792. The SMILES string of the molecule is C=Cc1cc(C(=O)OC)cc(N2CC(C)OC(C)C2)n1. The molecule has 1 aliphatic rings. The molecule has 2 unspecified atom stereocenters. The van der Waals surface area contributed by atoms with Gasteiger partial charge in [-0.2, -0.15) is 0 Å². The zero-order valence-electron chi connectivity index (χ0n) is 12.1. The summed E-state index contributed by atoms with van der Waals surface area (Å²) >= 11 is 0. The van der Waals surface area contributed by atoms with Gasteiger partial charge in [-0.05, 0) is 32.1 Å². The van der Waals surface area contributed by atoms with Gasteiger partial charge >= 0.3 is 5.97 Å². The highest BCUT2D eigenvalue weighted by Crippen LogP contribution is 2.21. The summed E-state index contributed by atoms with van der Waals surface area (Å²) < 4.78 is 10.5. The molecule has 0 saturated carbocycles. The number of rotatable bonds is 3. The maximum absolute atomic E-state index is 11.7. The molecule has 0 N–H and O–H groups in total. The van der Waals surface area contributed by atoms with Gasteiger partial charge in [-0.3, -0.25) is 0 Å². The molecule has 0 amide bonds. The number of hydrogen-bond acceptors (Lipinski definition) is 5. The predicted molar refractivity (Wildman–Crippen MR) is 77.9 cm³/mol. The zero-order valence-corrected chi connectivity index (χ0v) is 12.1. The van der Waals surface area contributed by atoms with Crippen molar-refractivity contribution >= 4 is 17.9 Å². The van der Waals surface area contributed by atoms with Gasteiger partial charge in [-0.25, -0.2) is 9.78 Å². The van der Waals surface area contributed by atoms with Gasteiger partial charge in [0.05, 0.1) is 30.6 Å². The van der Waals surface area contributed by atoms with Crippen LogP contribution < -0.4 is 4.90 Å². The van der Waals surface area contributed by atoms with Crippen molar-refractivity contribution in [1.29, 1.82) is 0 Å². The fourth-order valence-electron chi connectivity index (χ4n) is 2.40. The molecular formula is C15H20N2O3. The number of nitrogens with zero attached hydrogens (tertiary/aromatic N) is 2. The first-order valence-electron chi connectivity index (χ1n) is 6.66. The van der Waals surface area contributed by atoms with Crippen LogP contribution in [0.2, 0.25) is 0 Å². The summed E-state index contributed by atoms with van der Waals surface area (Å²) in [5.41, 5.74) is 1.15. The normalized spacial score (nSPS) is 22.4. The van der Waals surface area contributed by atoms with Gasteiger partial charge in [0.15, 0.2) is 0 Å². The van der Waals surface area contributed by atoms with Gasteiger partial charge in [0, 0.05) is 13.1 Å². The minimum atomic E-state index is -0.369. The lowest BCUT2D eigenvalue weighted by molar-refractivity contribution is -0.00546. The van der Waals surface area contributed by atoms with E-state index in [1.54, 1.807) is 18.2 Å². The lowest BCUT2D eigenvalue weighted by atomic mass is 10.2. The fourth-order valence-corrected chi connectivity index (χ4v) is 2.40. The van der Waals surface area contributed by atoms with Gasteiger partial charge in [0.25, 0.3) is 0 Å². The molecule has 0 aliphatic carbocycles. The molecule has 0 aromatic carbocycles. The molecule has 1 aromatic rings. The summed E-state index contributed by atoms with van der Waals surface area (Å²) in [4.78, 5) is 18.3. The number of hydrogen-bond donors (Lipinski definition) is 0. The number of ether oxygens (including phenoxy) is 2. The molecule has 5 heteroatoms. The van der Waals surface area contributed by atoms with Crippen molar-refractivity contribution in [3.8, 4) is 0 Å². The van der Waals surface area contributed by atoms with Crippen LogP contribution in [-0.2, 0) is 9.47 Å². The highest BCUT2D eigenvalue weighted by Gasteiger charge is 2.24. The summed E-state index contributed by atoms with van der Waals surface area (Å²) in [6, 6.07) is 3.43. The van der Waals surface area contributed by atoms with Crippen LogP contribution in [-0.4, -0.2) is 43.4 Å². The number of methoxy groups -OCH3 is 1. The Morgan fingerprint density at radius 2 is 2.10 bits per heavy atom. The second kappa shape index (κ2) is 6.05. The molecule has 1 saturated heterocycles. The lowest BCUT2D eigenvalue weighted by Gasteiger charge is -2.36. The van der Waals surface area contributed by atoms with Gasteiger partial charge < -0.3 is 14.4 Å². The van der Waals surface area contributed by atoms with E-state index >= 15 is 0 Å². The summed E-state index contributed by atoms with van der Waals surface area (Å²) in [5, 5.41) is 0. The van der Waals surface area contributed by atoms with Gasteiger partial charge in [-0.15, -0.1) is 0 Å². The second-order valence-corrected chi connectivity index (χ2v) is 5.00. The van der Waals surface area contributed by atoms with E-state index in [1.165, 1.54) is 7.11 Å². The highest BCUT2D eigenvalue weighted by atomic mass is 16.5. The second-order valence-electron chi connectivity index (χ2n) is 5.00. The molecule has 2 atom stereocenters. The van der Waals surface area contributed by atoms with Crippen LogP contribution in [0.5, 0.6) is 0 Å². The van der Waals surface area contributed by atoms with Crippen LogP contribution in [0.1, 0.15) is 29.9 Å². The zero-order chi connectivity index (χ0) is 14.7. The number of morpholine rings is 1. The number of aromatic nitrogens is 1. The monoisotopic (exact) mass is 276 g/mol. The van der Waals surface area contributed by atoms with Crippen LogP contribution in [0.3, 0.4) is 0 Å². The van der Waals surface area contributed by atoms with E-state index in [0.717, 1.165) is 18.9 Å². The highest BCUT2D eigenvalue weighted by molar-refractivity contribution is 5.90. The standard InChI is InChI=1S/C15H20N2O3/c1-5-13-6-12(15(18)19-4)7-14(16-13)17-8-10(2)20-11(3)9-17/h5-7,10-11H,1,8-9H2,2-4H3. The predicted octanol–water partition coefficient (Wildman–Crippen LogP) is 2.12. The van der Waals surface area contributed by atoms with Crippen molar-refractivity contribution in [2.45, 2.75) is 26.1 Å². The van der Waals surface area contributed by atoms with Crippen molar-refractivity contribution in [2.75, 3.05) is 25.1 Å². The third kappa shape index (κ3) is 3.17. The first-order chi connectivity index (χ1) is 9.53. The van der Waals surface area contributed by atoms with E-state index in [9.17, 15) is 4.79 Å². The third-order valence-electron chi connectivity index (χ3n) is 3.21. The fraction of sp³-hybridized carbons (Fsp3) is 0.467. The Labute approximate surface area is 119 Å². The average Bonchev–Trinajstić information content (AvgIpc) is 2.44. The minimum Gasteiger partial charge on any atom is -0.465 e. The van der Waals surface area contributed by atoms with Crippen LogP contribution in [0, 0.1) is 0 Å². The molecule has 5 nitrogen and oxygen atoms in total. The van der Waals surface area contributed by atoms with Gasteiger partial charge in [0.2, 0.25) is 0 Å². The number of pyridine rings is 1. The molecule has 2 heterocycles. The van der Waals surface area contributed by atoms with Crippen molar-refractivity contribution in [3.63, 3.8) is 0 Å². The van der Waals surface area contributed by atoms with E-state index in [0.29, 0.717) is 11.3 Å². The molecule has 20 heavy (non-hydrogen) atoms. The summed E-state index contributed by atoms with van der Waals surface area (Å²) in [6.45, 7) is 9.27. The lowest BCUT2D eigenvalue weighted by Crippen LogP contribution is -2.46. The number of carbonyl (C=O) groups excluding carboxylic acids is 1. The molecular weight excluding hydrogens is 256 g/mol. The van der Waals surface area contributed by atoms with E-state index in [2.05, 4.69) is 16.5 Å². The maximum atomic E-state index is 11.7. The smallest absolute Gasteiger partial charge is 0.338 e. The summed E-state index contributed by atoms with van der Waals surface area (Å²) in [6.07, 6.45) is 1.90. The third-order valence-corrected chi connectivity index (χ3v) is 3.21. The summed E-state index contributed by atoms with van der Waals surface area (Å²) in [5.74, 6) is 0.385. The van der Waals surface area contributed by atoms with Crippen LogP contribution in [0.15, 0.2) is 18.7 Å². The maximum Gasteiger partial charge on any atom is 0.338 e. The largest absolute Gasteiger partial charge is 0.465 e. The van der Waals surface area contributed by atoms with E-state index < -0.39 is 0 Å². The van der Waals surface area contributed by atoms with E-state index in [-0.39, 0.29) is 18.2 Å². The molecule has 0 bridgehead atoms. The average molecular weight is 276 g/mol.